The average Bonchev–Trinajstić information content (AvgIpc) is 3.00. The van der Waals surface area contributed by atoms with Crippen LogP contribution >= 0.6 is 11.3 Å². The maximum Gasteiger partial charge on any atom is 0.257 e. The van der Waals surface area contributed by atoms with Crippen LogP contribution in [-0.2, 0) is 0 Å². The highest BCUT2D eigenvalue weighted by Crippen LogP contribution is 2.23. The van der Waals surface area contributed by atoms with Crippen LogP contribution < -0.4 is 10.6 Å². The number of carbonyl (C=O) groups excluding carboxylic acids is 1. The van der Waals surface area contributed by atoms with E-state index in [1.54, 1.807) is 0 Å². The standard InChI is InChI=1S/C15H12F2N4OS/c16-10-2-1-3-11(17)12(10)14(22)19-6-5-18-13-9-4-7-23-15(9)21-8-20-13/h1-4,7-8H,5-6H2,(H,19,22)(H,18,20,21). The minimum absolute atomic E-state index is 0.197. The van der Waals surface area contributed by atoms with Gasteiger partial charge in [-0.2, -0.15) is 0 Å². The van der Waals surface area contributed by atoms with E-state index in [-0.39, 0.29) is 6.54 Å². The third-order valence-corrected chi connectivity index (χ3v) is 3.98. The molecule has 0 bridgehead atoms. The lowest BCUT2D eigenvalue weighted by molar-refractivity contribution is 0.0946. The van der Waals surface area contributed by atoms with Crippen molar-refractivity contribution in [3.05, 3.63) is 53.2 Å². The van der Waals surface area contributed by atoms with Gasteiger partial charge >= 0.3 is 0 Å². The fraction of sp³-hybridized carbons (Fsp3) is 0.133. The Labute approximate surface area is 134 Å². The van der Waals surface area contributed by atoms with E-state index in [4.69, 9.17) is 0 Å². The number of carbonyl (C=O) groups is 1. The summed E-state index contributed by atoms with van der Waals surface area (Å²) in [6.07, 6.45) is 1.45. The van der Waals surface area contributed by atoms with Gasteiger partial charge in [-0.15, -0.1) is 11.3 Å². The number of aromatic nitrogens is 2. The number of benzene rings is 1. The van der Waals surface area contributed by atoms with Crippen LogP contribution in [0.15, 0.2) is 36.0 Å². The lowest BCUT2D eigenvalue weighted by atomic mass is 10.2. The summed E-state index contributed by atoms with van der Waals surface area (Å²) in [5, 5.41) is 8.34. The average molecular weight is 334 g/mol. The van der Waals surface area contributed by atoms with Crippen molar-refractivity contribution in [2.24, 2.45) is 0 Å². The number of rotatable bonds is 5. The number of halogens is 2. The molecule has 8 heteroatoms. The van der Waals surface area contributed by atoms with E-state index in [9.17, 15) is 13.6 Å². The first-order chi connectivity index (χ1) is 11.2. The molecule has 0 unspecified atom stereocenters. The highest BCUT2D eigenvalue weighted by molar-refractivity contribution is 7.16. The van der Waals surface area contributed by atoms with E-state index < -0.39 is 23.1 Å². The van der Waals surface area contributed by atoms with Crippen LogP contribution in [-0.4, -0.2) is 29.0 Å². The molecule has 0 saturated heterocycles. The van der Waals surface area contributed by atoms with E-state index in [0.717, 1.165) is 22.3 Å². The van der Waals surface area contributed by atoms with Crippen LogP contribution in [0, 0.1) is 11.6 Å². The SMILES string of the molecule is O=C(NCCNc1ncnc2sccc12)c1c(F)cccc1F. The topological polar surface area (TPSA) is 66.9 Å². The molecule has 0 aliphatic carbocycles. The molecule has 1 amide bonds. The second-order valence-corrected chi connectivity index (χ2v) is 5.54. The van der Waals surface area contributed by atoms with Crippen LogP contribution in [0.25, 0.3) is 10.2 Å². The minimum Gasteiger partial charge on any atom is -0.368 e. The maximum atomic E-state index is 13.5. The third kappa shape index (κ3) is 3.26. The fourth-order valence-corrected chi connectivity index (χ4v) is 2.82. The molecule has 23 heavy (non-hydrogen) atoms. The van der Waals surface area contributed by atoms with E-state index >= 15 is 0 Å². The Balaban J connectivity index is 1.58. The summed E-state index contributed by atoms with van der Waals surface area (Å²) in [6.45, 7) is 0.562. The van der Waals surface area contributed by atoms with Gasteiger partial charge in [-0.1, -0.05) is 6.07 Å². The van der Waals surface area contributed by atoms with Gasteiger partial charge in [0.15, 0.2) is 0 Å². The van der Waals surface area contributed by atoms with Gasteiger partial charge in [0.05, 0.1) is 5.39 Å². The molecule has 0 aliphatic rings. The molecule has 1 aromatic carbocycles. The van der Waals surface area contributed by atoms with Gasteiger partial charge < -0.3 is 10.6 Å². The fourth-order valence-electron chi connectivity index (χ4n) is 2.09. The van der Waals surface area contributed by atoms with E-state index in [1.807, 2.05) is 11.4 Å². The molecule has 5 nitrogen and oxygen atoms in total. The number of amides is 1. The van der Waals surface area contributed by atoms with Gasteiger partial charge in [0.1, 0.15) is 34.2 Å². The number of anilines is 1. The summed E-state index contributed by atoms with van der Waals surface area (Å²) >= 11 is 1.50. The van der Waals surface area contributed by atoms with Crippen LogP contribution in [0.3, 0.4) is 0 Å². The lowest BCUT2D eigenvalue weighted by Crippen LogP contribution is -2.30. The first-order valence-corrected chi connectivity index (χ1v) is 7.69. The van der Waals surface area contributed by atoms with Gasteiger partial charge in [-0.25, -0.2) is 18.7 Å². The Morgan fingerprint density at radius 2 is 1.91 bits per heavy atom. The number of nitrogens with zero attached hydrogens (tertiary/aromatic N) is 2. The van der Waals surface area contributed by atoms with Crippen LogP contribution in [0.4, 0.5) is 14.6 Å². The molecule has 0 spiro atoms. The lowest BCUT2D eigenvalue weighted by Gasteiger charge is -2.09. The van der Waals surface area contributed by atoms with Gasteiger partial charge in [-0.3, -0.25) is 4.79 Å². The highest BCUT2D eigenvalue weighted by Gasteiger charge is 2.16. The molecular weight excluding hydrogens is 322 g/mol. The second-order valence-electron chi connectivity index (χ2n) is 4.64. The quantitative estimate of drug-likeness (QED) is 0.704. The molecule has 2 aromatic heterocycles. The van der Waals surface area contributed by atoms with Crippen molar-refractivity contribution >= 4 is 33.3 Å². The van der Waals surface area contributed by atoms with Gasteiger partial charge in [0, 0.05) is 13.1 Å². The monoisotopic (exact) mass is 334 g/mol. The second kappa shape index (κ2) is 6.66. The largest absolute Gasteiger partial charge is 0.368 e. The predicted octanol–water partition coefficient (Wildman–Crippen LogP) is 2.81. The zero-order chi connectivity index (χ0) is 16.2. The molecule has 2 heterocycles. The molecule has 0 fully saturated rings. The Morgan fingerprint density at radius 3 is 2.70 bits per heavy atom. The first-order valence-electron chi connectivity index (χ1n) is 6.81. The minimum atomic E-state index is -0.883. The summed E-state index contributed by atoms with van der Waals surface area (Å²) in [5.74, 6) is -1.90. The smallest absolute Gasteiger partial charge is 0.257 e. The van der Waals surface area contributed by atoms with Crippen molar-refractivity contribution < 1.29 is 13.6 Å². The first kappa shape index (κ1) is 15.3. The van der Waals surface area contributed by atoms with Crippen LogP contribution in [0.1, 0.15) is 10.4 Å². The summed E-state index contributed by atoms with van der Waals surface area (Å²) in [5.41, 5.74) is -0.574. The van der Waals surface area contributed by atoms with Crippen LogP contribution in [0.5, 0.6) is 0 Å². The zero-order valence-corrected chi connectivity index (χ0v) is 12.7. The molecule has 3 rings (SSSR count). The summed E-state index contributed by atoms with van der Waals surface area (Å²) < 4.78 is 27.0. The predicted molar refractivity (Wildman–Crippen MR) is 84.6 cm³/mol. The van der Waals surface area contributed by atoms with Gasteiger partial charge in [0.25, 0.3) is 5.91 Å². The number of fused-ring (bicyclic) bond motifs is 1. The third-order valence-electron chi connectivity index (χ3n) is 3.15. The van der Waals surface area contributed by atoms with Crippen molar-refractivity contribution in [2.75, 3.05) is 18.4 Å². The molecule has 0 saturated carbocycles. The van der Waals surface area contributed by atoms with E-state index in [2.05, 4.69) is 20.6 Å². The molecule has 0 atom stereocenters. The van der Waals surface area contributed by atoms with Crippen molar-refractivity contribution in [1.29, 1.82) is 0 Å². The summed E-state index contributed by atoms with van der Waals surface area (Å²) in [7, 11) is 0. The van der Waals surface area contributed by atoms with Crippen molar-refractivity contribution in [1.82, 2.24) is 15.3 Å². The number of hydrogen-bond acceptors (Lipinski definition) is 5. The molecule has 0 radical (unpaired) electrons. The highest BCUT2D eigenvalue weighted by atomic mass is 32.1. The molecule has 2 N–H and O–H groups in total. The Morgan fingerprint density at radius 1 is 1.13 bits per heavy atom. The number of hydrogen-bond donors (Lipinski definition) is 2. The Hall–Kier alpha value is -2.61. The van der Waals surface area contributed by atoms with Crippen molar-refractivity contribution in [3.8, 4) is 0 Å². The molecule has 3 aromatic rings. The van der Waals surface area contributed by atoms with Crippen LogP contribution in [0.2, 0.25) is 0 Å². The Bertz CT molecular complexity index is 832. The number of nitrogens with one attached hydrogen (secondary N) is 2. The van der Waals surface area contributed by atoms with Gasteiger partial charge in [0.2, 0.25) is 0 Å². The normalized spacial score (nSPS) is 10.7. The van der Waals surface area contributed by atoms with E-state index in [0.29, 0.717) is 12.4 Å². The Kier molecular flexibility index (Phi) is 4.42. The molecular formula is C15H12F2N4OS. The van der Waals surface area contributed by atoms with Crippen molar-refractivity contribution in [3.63, 3.8) is 0 Å². The molecule has 118 valence electrons. The van der Waals surface area contributed by atoms with Crippen molar-refractivity contribution in [2.45, 2.75) is 0 Å². The summed E-state index contributed by atoms with van der Waals surface area (Å²) in [4.78, 5) is 21.0. The molecule has 0 aliphatic heterocycles. The maximum absolute atomic E-state index is 13.5. The van der Waals surface area contributed by atoms with E-state index in [1.165, 1.54) is 23.7 Å². The number of thiophene rings is 1. The summed E-state index contributed by atoms with van der Waals surface area (Å²) in [6, 6.07) is 5.20. The van der Waals surface area contributed by atoms with Gasteiger partial charge in [-0.05, 0) is 23.6 Å². The zero-order valence-electron chi connectivity index (χ0n) is 11.8.